The summed E-state index contributed by atoms with van der Waals surface area (Å²) >= 11 is 0. The average Bonchev–Trinajstić information content (AvgIpc) is 2.20. The molecule has 6 nitrogen and oxygen atoms in total. The van der Waals surface area contributed by atoms with Gasteiger partial charge in [-0.15, -0.1) is 0 Å². The van der Waals surface area contributed by atoms with Gasteiger partial charge in [-0.1, -0.05) is 20.9 Å². The highest BCUT2D eigenvalue weighted by atomic mass is 32.3. The van der Waals surface area contributed by atoms with Gasteiger partial charge in [0.05, 0.1) is 0 Å². The number of rotatable bonds is 5. The van der Waals surface area contributed by atoms with E-state index in [1.54, 1.807) is 0 Å². The molecule has 0 bridgehead atoms. The van der Waals surface area contributed by atoms with Crippen LogP contribution in [0.25, 0.3) is 10.4 Å². The molecule has 0 amide bonds. The number of benzene rings is 1. The molecule has 0 fully saturated rings. The third-order valence-electron chi connectivity index (χ3n) is 2.26. The molecule has 20 heavy (non-hydrogen) atoms. The maximum absolute atomic E-state index is 12.4. The zero-order valence-electron chi connectivity index (χ0n) is 9.93. The number of hydrogen-bond donors (Lipinski definition) is 0. The molecule has 0 saturated heterocycles. The molecule has 0 N–H and O–H groups in total. The highest BCUT2D eigenvalue weighted by Gasteiger charge is 2.25. The van der Waals surface area contributed by atoms with Crippen molar-refractivity contribution in [2.45, 2.75) is 13.2 Å². The van der Waals surface area contributed by atoms with Gasteiger partial charge in [0.2, 0.25) is 0 Å². The van der Waals surface area contributed by atoms with Crippen LogP contribution in [0.2, 0.25) is 0 Å². The van der Waals surface area contributed by atoms with E-state index in [1.807, 2.05) is 0 Å². The Morgan fingerprint density at radius 1 is 1.40 bits per heavy atom. The van der Waals surface area contributed by atoms with Crippen LogP contribution in [-0.4, -0.2) is 15.4 Å². The first-order chi connectivity index (χ1) is 9.02. The van der Waals surface area contributed by atoms with Crippen molar-refractivity contribution in [1.82, 2.24) is 0 Å². The first-order valence-corrected chi connectivity index (χ1v) is 6.36. The molecule has 0 unspecified atom stereocenters. The zero-order valence-corrected chi connectivity index (χ0v) is 10.7. The molecule has 1 rings (SSSR count). The molecule has 110 valence electrons. The van der Waals surface area contributed by atoms with Crippen molar-refractivity contribution >= 4 is 23.2 Å². The predicted molar refractivity (Wildman–Crippen MR) is 63.4 cm³/mol. The van der Waals surface area contributed by atoms with Crippen molar-refractivity contribution in [1.29, 1.82) is 0 Å². The van der Waals surface area contributed by atoms with E-state index in [4.69, 9.17) is 5.53 Å². The first-order valence-electron chi connectivity index (χ1n) is 5.05. The van der Waals surface area contributed by atoms with Crippen LogP contribution < -0.4 is 4.18 Å². The molecule has 0 aliphatic heterocycles. The number of halogens is 4. The van der Waals surface area contributed by atoms with Crippen molar-refractivity contribution in [3.63, 3.8) is 0 Å². The summed E-state index contributed by atoms with van der Waals surface area (Å²) in [7, 11) is -5.39. The molecule has 0 aliphatic rings. The normalized spacial score (nSPS) is 11.8. The van der Waals surface area contributed by atoms with Crippen molar-refractivity contribution in [2.24, 2.45) is 5.11 Å². The molecule has 1 aromatic carbocycles. The maximum atomic E-state index is 12.4. The van der Waals surface area contributed by atoms with E-state index in [1.165, 1.54) is 6.92 Å². The molecular weight excluding hydrogens is 305 g/mol. The Bertz CT molecular complexity index is 670. The summed E-state index contributed by atoms with van der Waals surface area (Å²) in [6.45, 7) is -3.95. The van der Waals surface area contributed by atoms with Crippen LogP contribution in [0.5, 0.6) is 5.75 Å². The van der Waals surface area contributed by atoms with E-state index in [0.29, 0.717) is 0 Å². The fourth-order valence-electron chi connectivity index (χ4n) is 1.51. The predicted octanol–water partition coefficient (Wildman–Crippen LogP) is 3.46. The molecular formula is C8H7BF4N3O3S-. The van der Waals surface area contributed by atoms with Gasteiger partial charge in [-0.05, 0) is 30.2 Å². The lowest BCUT2D eigenvalue weighted by Crippen LogP contribution is -2.20. The molecule has 0 spiro atoms. The van der Waals surface area contributed by atoms with Crippen LogP contribution in [0.3, 0.4) is 0 Å². The lowest BCUT2D eigenvalue weighted by Gasteiger charge is -2.17. The van der Waals surface area contributed by atoms with Gasteiger partial charge in [0.1, 0.15) is 5.75 Å². The van der Waals surface area contributed by atoms with Gasteiger partial charge in [-0.3, -0.25) is 0 Å². The molecule has 0 atom stereocenters. The van der Waals surface area contributed by atoms with Gasteiger partial charge >= 0.3 is 17.5 Å². The molecule has 0 aliphatic carbocycles. The quantitative estimate of drug-likeness (QED) is 0.208. The number of nitrogens with zero attached hydrogens (tertiary/aromatic N) is 3. The van der Waals surface area contributed by atoms with Crippen molar-refractivity contribution < 1.29 is 29.4 Å². The summed E-state index contributed by atoms with van der Waals surface area (Å²) in [5.41, 5.74) is 7.67. The van der Waals surface area contributed by atoms with E-state index in [-0.39, 0.29) is 16.8 Å². The molecule has 0 saturated carbocycles. The topological polar surface area (TPSA) is 92.1 Å². The second kappa shape index (κ2) is 5.59. The minimum Gasteiger partial charge on any atom is -0.449 e. The molecule has 0 radical (unpaired) electrons. The maximum Gasteiger partial charge on any atom is 0.488 e. The van der Waals surface area contributed by atoms with Crippen LogP contribution in [0.4, 0.5) is 22.5 Å². The fraction of sp³-hybridized carbons (Fsp3) is 0.250. The van der Waals surface area contributed by atoms with Crippen molar-refractivity contribution in [3.05, 3.63) is 33.7 Å². The third kappa shape index (κ3) is 4.98. The summed E-state index contributed by atoms with van der Waals surface area (Å²) < 4.78 is 74.2. The Kier molecular flexibility index (Phi) is 4.51. The summed E-state index contributed by atoms with van der Waals surface area (Å²) in [4.78, 5) is 2.39. The fourth-order valence-corrected chi connectivity index (χ4v) is 1.83. The average molecular weight is 312 g/mol. The van der Waals surface area contributed by atoms with Crippen LogP contribution in [0.15, 0.2) is 17.2 Å². The van der Waals surface area contributed by atoms with E-state index in [2.05, 4.69) is 14.2 Å². The minimum atomic E-state index is -5.39. The van der Waals surface area contributed by atoms with Gasteiger partial charge in [0, 0.05) is 10.6 Å². The monoisotopic (exact) mass is 312 g/mol. The highest BCUT2D eigenvalue weighted by molar-refractivity contribution is 7.81. The lowest BCUT2D eigenvalue weighted by molar-refractivity contribution is 0.440. The SMILES string of the molecule is Cc1c(C[B-](F)(F)F)cc(OS(=O)(=O)F)cc1N=[N+]=[N-]. The second-order valence-corrected chi connectivity index (χ2v) is 4.76. The van der Waals surface area contributed by atoms with E-state index < -0.39 is 29.6 Å². The van der Waals surface area contributed by atoms with Crippen molar-refractivity contribution in [3.8, 4) is 5.75 Å². The first kappa shape index (κ1) is 16.1. The Hall–Kier alpha value is -1.94. The third-order valence-corrected chi connectivity index (χ3v) is 2.65. The Morgan fingerprint density at radius 2 is 2.00 bits per heavy atom. The van der Waals surface area contributed by atoms with Gasteiger partial charge in [-0.2, -0.15) is 8.42 Å². The molecule has 0 heterocycles. The van der Waals surface area contributed by atoms with Gasteiger partial charge < -0.3 is 17.1 Å². The van der Waals surface area contributed by atoms with E-state index >= 15 is 0 Å². The van der Waals surface area contributed by atoms with E-state index in [9.17, 15) is 25.3 Å². The number of hydrogen-bond acceptors (Lipinski definition) is 4. The Labute approximate surface area is 111 Å². The summed E-state index contributed by atoms with van der Waals surface area (Å²) in [5.74, 6) is -0.699. The van der Waals surface area contributed by atoms with Crippen LogP contribution in [-0.2, 0) is 16.8 Å². The molecule has 12 heteroatoms. The lowest BCUT2D eigenvalue weighted by atomic mass is 9.80. The van der Waals surface area contributed by atoms with Crippen LogP contribution in [0, 0.1) is 6.92 Å². The standard InChI is InChI=1S/C8H7BF4N3O3S/c1-5-6(4-9(10,11)12)2-7(19-20(13,17)18)3-8(5)15-16-14/h2-3H,4H2,1H3/q-1. The molecule has 1 aromatic rings. The van der Waals surface area contributed by atoms with Gasteiger partial charge in [0.25, 0.3) is 0 Å². The summed E-state index contributed by atoms with van der Waals surface area (Å²) in [6.07, 6.45) is -1.34. The van der Waals surface area contributed by atoms with Crippen molar-refractivity contribution in [2.75, 3.05) is 0 Å². The summed E-state index contributed by atoms with van der Waals surface area (Å²) in [6, 6.07) is 1.57. The Balaban J connectivity index is 3.38. The van der Waals surface area contributed by atoms with Crippen LogP contribution in [0.1, 0.15) is 11.1 Å². The van der Waals surface area contributed by atoms with E-state index in [0.717, 1.165) is 12.1 Å². The Morgan fingerprint density at radius 3 is 2.45 bits per heavy atom. The largest absolute Gasteiger partial charge is 0.488 e. The minimum absolute atomic E-state index is 0.00519. The van der Waals surface area contributed by atoms with Gasteiger partial charge in [0.15, 0.2) is 0 Å². The van der Waals surface area contributed by atoms with Crippen LogP contribution >= 0.6 is 0 Å². The second-order valence-electron chi connectivity index (χ2n) is 3.81. The summed E-state index contributed by atoms with van der Waals surface area (Å²) in [5, 5.41) is 3.11. The zero-order chi connectivity index (χ0) is 15.6. The highest BCUT2D eigenvalue weighted by Crippen LogP contribution is 2.32. The smallest absolute Gasteiger partial charge is 0.449 e. The molecule has 0 aromatic heterocycles. The number of azide groups is 1. The van der Waals surface area contributed by atoms with Gasteiger partial charge in [-0.25, -0.2) is 0 Å².